The topological polar surface area (TPSA) is 134 Å². The van der Waals surface area contributed by atoms with Crippen LogP contribution in [0, 0.1) is 6.92 Å². The van der Waals surface area contributed by atoms with Gasteiger partial charge in [0.25, 0.3) is 10.9 Å². The van der Waals surface area contributed by atoms with Gasteiger partial charge in [-0.3, -0.25) is 14.9 Å². The van der Waals surface area contributed by atoms with Gasteiger partial charge < -0.3 is 20.5 Å². The summed E-state index contributed by atoms with van der Waals surface area (Å²) in [5, 5.41) is 17.7. The van der Waals surface area contributed by atoms with Crippen LogP contribution in [-0.4, -0.2) is 29.8 Å². The standard InChI is InChI=1S/C24H25N3O6/c1-3-12-25-19-20(22(29)21(19)28)27-18(23(30)31)13-15-6-8-16(9-7-15)26-24(32)33-17-10-4-14(2)5-11-17/h4-11,18,25,27H,3,12-13H2,1-2H3,(H,26,32)(H,30,31). The number of aryl methyl sites for hydroxylation is 1. The van der Waals surface area contributed by atoms with Crippen molar-refractivity contribution in [2.24, 2.45) is 0 Å². The Hall–Kier alpha value is -4.14. The van der Waals surface area contributed by atoms with E-state index in [4.69, 9.17) is 4.74 Å². The molecule has 3 aromatic rings. The first kappa shape index (κ1) is 23.5. The molecule has 0 bridgehead atoms. The molecule has 0 fully saturated rings. The van der Waals surface area contributed by atoms with E-state index < -0.39 is 29.0 Å². The predicted octanol–water partition coefficient (Wildman–Crippen LogP) is 3.13. The Morgan fingerprint density at radius 2 is 1.61 bits per heavy atom. The Morgan fingerprint density at radius 1 is 0.970 bits per heavy atom. The second kappa shape index (κ2) is 10.4. The molecule has 33 heavy (non-hydrogen) atoms. The second-order valence-corrected chi connectivity index (χ2v) is 7.60. The molecule has 1 atom stereocenters. The average molecular weight is 451 g/mol. The van der Waals surface area contributed by atoms with Gasteiger partial charge in [-0.05, 0) is 43.2 Å². The lowest BCUT2D eigenvalue weighted by Gasteiger charge is -2.20. The molecule has 0 aliphatic carbocycles. The molecular weight excluding hydrogens is 426 g/mol. The number of rotatable bonds is 10. The summed E-state index contributed by atoms with van der Waals surface area (Å²) in [5.74, 6) is -0.746. The summed E-state index contributed by atoms with van der Waals surface area (Å²) in [5.41, 5.74) is 0.927. The Kier molecular flexibility index (Phi) is 7.45. The van der Waals surface area contributed by atoms with Gasteiger partial charge in [0.2, 0.25) is 0 Å². The molecule has 0 saturated carbocycles. The third kappa shape index (κ3) is 5.97. The fraction of sp³-hybridized carbons (Fsp3) is 0.250. The smallest absolute Gasteiger partial charge is 0.417 e. The lowest BCUT2D eigenvalue weighted by Crippen LogP contribution is -2.42. The average Bonchev–Trinajstić information content (AvgIpc) is 2.80. The van der Waals surface area contributed by atoms with Gasteiger partial charge in [0, 0.05) is 18.7 Å². The molecule has 0 heterocycles. The zero-order chi connectivity index (χ0) is 24.0. The summed E-state index contributed by atoms with van der Waals surface area (Å²) >= 11 is 0. The van der Waals surface area contributed by atoms with Crippen molar-refractivity contribution in [3.63, 3.8) is 0 Å². The number of carbonyl (C=O) groups excluding carboxylic acids is 1. The van der Waals surface area contributed by atoms with Crippen LogP contribution < -0.4 is 31.5 Å². The summed E-state index contributed by atoms with van der Waals surface area (Å²) in [4.78, 5) is 47.4. The third-order valence-corrected chi connectivity index (χ3v) is 4.95. The molecule has 3 aromatic carbocycles. The molecule has 0 aromatic heterocycles. The maximum atomic E-state index is 12.1. The fourth-order valence-electron chi connectivity index (χ4n) is 3.14. The van der Waals surface area contributed by atoms with Crippen molar-refractivity contribution >= 4 is 29.1 Å². The van der Waals surface area contributed by atoms with Gasteiger partial charge in [0.15, 0.2) is 0 Å². The van der Waals surface area contributed by atoms with Gasteiger partial charge in [-0.25, -0.2) is 9.59 Å². The fourth-order valence-corrected chi connectivity index (χ4v) is 3.14. The summed E-state index contributed by atoms with van der Waals surface area (Å²) in [6.07, 6.45) is 0.165. The van der Waals surface area contributed by atoms with E-state index in [9.17, 15) is 24.3 Å². The minimum Gasteiger partial charge on any atom is -0.480 e. The molecule has 4 N–H and O–H groups in total. The second-order valence-electron chi connectivity index (χ2n) is 7.60. The highest BCUT2D eigenvalue weighted by Crippen LogP contribution is 2.19. The van der Waals surface area contributed by atoms with Gasteiger partial charge in [0.05, 0.1) is 0 Å². The Morgan fingerprint density at radius 3 is 2.21 bits per heavy atom. The highest BCUT2D eigenvalue weighted by molar-refractivity contribution is 5.86. The zero-order valence-electron chi connectivity index (χ0n) is 18.3. The molecule has 0 aliphatic rings. The lowest BCUT2D eigenvalue weighted by atomic mass is 10.0. The number of hydrogen-bond acceptors (Lipinski definition) is 7. The van der Waals surface area contributed by atoms with Crippen LogP contribution in [0.1, 0.15) is 24.5 Å². The number of ether oxygens (including phenoxy) is 1. The van der Waals surface area contributed by atoms with Crippen molar-refractivity contribution in [3.8, 4) is 5.75 Å². The van der Waals surface area contributed by atoms with E-state index in [1.807, 2.05) is 26.0 Å². The molecule has 0 radical (unpaired) electrons. The first-order valence-electron chi connectivity index (χ1n) is 10.5. The molecule has 9 nitrogen and oxygen atoms in total. The molecule has 3 rings (SSSR count). The van der Waals surface area contributed by atoms with Crippen LogP contribution in [0.15, 0.2) is 58.1 Å². The number of hydrogen-bond donors (Lipinski definition) is 4. The number of carboxylic acid groups (broad SMARTS) is 1. The van der Waals surface area contributed by atoms with Crippen molar-refractivity contribution in [2.75, 3.05) is 22.5 Å². The minimum absolute atomic E-state index is 0.00186. The molecule has 172 valence electrons. The first-order valence-corrected chi connectivity index (χ1v) is 10.5. The van der Waals surface area contributed by atoms with Crippen LogP contribution in [0.2, 0.25) is 0 Å². The van der Waals surface area contributed by atoms with Gasteiger partial charge >= 0.3 is 12.1 Å². The molecular formula is C24H25N3O6. The quantitative estimate of drug-likeness (QED) is 0.346. The van der Waals surface area contributed by atoms with E-state index >= 15 is 0 Å². The summed E-state index contributed by atoms with van der Waals surface area (Å²) in [6, 6.07) is 12.5. The number of benzene rings is 2. The number of carbonyl (C=O) groups is 2. The van der Waals surface area contributed by atoms with Crippen molar-refractivity contribution in [2.45, 2.75) is 32.7 Å². The molecule has 0 saturated heterocycles. The molecule has 1 unspecified atom stereocenters. The normalized spacial score (nSPS) is 11.6. The largest absolute Gasteiger partial charge is 0.480 e. The van der Waals surface area contributed by atoms with Crippen LogP contribution in [0.3, 0.4) is 0 Å². The highest BCUT2D eigenvalue weighted by atomic mass is 16.6. The lowest BCUT2D eigenvalue weighted by molar-refractivity contribution is -0.137. The monoisotopic (exact) mass is 451 g/mol. The number of nitrogens with one attached hydrogen (secondary N) is 3. The summed E-state index contributed by atoms with van der Waals surface area (Å²) < 4.78 is 5.21. The van der Waals surface area contributed by atoms with E-state index in [-0.39, 0.29) is 17.8 Å². The zero-order valence-corrected chi connectivity index (χ0v) is 18.3. The molecule has 9 heteroatoms. The minimum atomic E-state index is -1.16. The Bertz CT molecular complexity index is 1190. The van der Waals surface area contributed by atoms with Crippen LogP contribution in [0.25, 0.3) is 0 Å². The molecule has 0 spiro atoms. The van der Waals surface area contributed by atoms with Gasteiger partial charge in [-0.1, -0.05) is 36.8 Å². The number of carboxylic acids is 1. The van der Waals surface area contributed by atoms with Gasteiger partial charge in [-0.2, -0.15) is 0 Å². The van der Waals surface area contributed by atoms with Crippen molar-refractivity contribution < 1.29 is 19.4 Å². The van der Waals surface area contributed by atoms with Crippen molar-refractivity contribution in [1.29, 1.82) is 0 Å². The van der Waals surface area contributed by atoms with E-state index in [0.717, 1.165) is 12.0 Å². The Balaban J connectivity index is 1.61. The SMILES string of the molecule is CCCNc1c(NC(Cc2ccc(NC(=O)Oc3ccc(C)cc3)cc2)C(=O)O)c(=O)c1=O. The number of aliphatic carboxylic acids is 1. The third-order valence-electron chi connectivity index (χ3n) is 4.95. The van der Waals surface area contributed by atoms with Crippen LogP contribution >= 0.6 is 0 Å². The van der Waals surface area contributed by atoms with Crippen molar-refractivity contribution in [1.82, 2.24) is 0 Å². The van der Waals surface area contributed by atoms with E-state index in [2.05, 4.69) is 16.0 Å². The number of amides is 1. The molecule has 0 aliphatic heterocycles. The maximum absolute atomic E-state index is 12.1. The van der Waals surface area contributed by atoms with E-state index in [1.165, 1.54) is 0 Å². The van der Waals surface area contributed by atoms with Crippen molar-refractivity contribution in [3.05, 3.63) is 80.1 Å². The first-order chi connectivity index (χ1) is 15.8. The van der Waals surface area contributed by atoms with Crippen LogP contribution in [0.5, 0.6) is 5.75 Å². The predicted molar refractivity (Wildman–Crippen MR) is 126 cm³/mol. The van der Waals surface area contributed by atoms with Gasteiger partial charge in [0.1, 0.15) is 23.2 Å². The van der Waals surface area contributed by atoms with Crippen LogP contribution in [0.4, 0.5) is 21.9 Å². The number of anilines is 3. The molecule has 1 amide bonds. The summed E-state index contributed by atoms with van der Waals surface area (Å²) in [7, 11) is 0. The van der Waals surface area contributed by atoms with E-state index in [0.29, 0.717) is 23.5 Å². The van der Waals surface area contributed by atoms with Crippen LogP contribution in [-0.2, 0) is 11.2 Å². The van der Waals surface area contributed by atoms with E-state index in [1.54, 1.807) is 36.4 Å². The maximum Gasteiger partial charge on any atom is 0.417 e. The summed E-state index contributed by atoms with van der Waals surface area (Å²) in [6.45, 7) is 4.34. The van der Waals surface area contributed by atoms with Gasteiger partial charge in [-0.15, -0.1) is 0 Å². The highest BCUT2D eigenvalue weighted by Gasteiger charge is 2.26. The Labute approximate surface area is 190 Å².